The van der Waals surface area contributed by atoms with Crippen molar-refractivity contribution in [2.24, 2.45) is 0 Å². The number of hydrogen-bond acceptors (Lipinski definition) is 2. The van der Waals surface area contributed by atoms with Gasteiger partial charge in [-0.05, 0) is 17.7 Å². The van der Waals surface area contributed by atoms with E-state index in [1.165, 1.54) is 0 Å². The average molecular weight is 176 g/mol. The minimum absolute atomic E-state index is 0.252. The van der Waals surface area contributed by atoms with Crippen LogP contribution >= 0.6 is 0 Å². The lowest BCUT2D eigenvalue weighted by Gasteiger charge is -2.13. The summed E-state index contributed by atoms with van der Waals surface area (Å²) in [5, 5.41) is 8.68. The maximum Gasteiger partial charge on any atom is 0.418 e. The first-order chi connectivity index (χ1) is 5.52. The van der Waals surface area contributed by atoms with Gasteiger partial charge >= 0.3 is 6.18 Å². The summed E-state index contributed by atoms with van der Waals surface area (Å²) in [4.78, 5) is 3.41. The van der Waals surface area contributed by atoms with Crippen molar-refractivity contribution in [3.63, 3.8) is 0 Å². The number of halogens is 3. The zero-order chi connectivity index (χ0) is 9.19. The molecule has 1 unspecified atom stereocenters. The molecular formula is C7H5F3NO. The molecule has 0 saturated heterocycles. The smallest absolute Gasteiger partial charge is 0.379 e. The lowest BCUT2D eigenvalue weighted by Crippen LogP contribution is -2.20. The summed E-state index contributed by atoms with van der Waals surface area (Å²) in [7, 11) is 0. The number of aliphatic hydroxyl groups excluding tert-OH is 1. The van der Waals surface area contributed by atoms with Crippen molar-refractivity contribution < 1.29 is 18.3 Å². The number of rotatable bonds is 1. The zero-order valence-electron chi connectivity index (χ0n) is 5.84. The van der Waals surface area contributed by atoms with E-state index in [0.29, 0.717) is 0 Å². The van der Waals surface area contributed by atoms with E-state index >= 15 is 0 Å². The number of aliphatic hydroxyl groups is 1. The fraction of sp³-hybridized carbons (Fsp3) is 0.286. The van der Waals surface area contributed by atoms with Crippen LogP contribution in [-0.2, 0) is 0 Å². The molecule has 0 bridgehead atoms. The molecule has 0 amide bonds. The Hall–Kier alpha value is -1.10. The van der Waals surface area contributed by atoms with Gasteiger partial charge in [0.25, 0.3) is 0 Å². The van der Waals surface area contributed by atoms with Crippen LogP contribution in [0, 0.1) is 6.20 Å². The fourth-order valence-corrected chi connectivity index (χ4v) is 0.685. The van der Waals surface area contributed by atoms with E-state index in [1.807, 2.05) is 0 Å². The SMILES string of the molecule is OC(c1c[c]ncc1)C(F)(F)F. The van der Waals surface area contributed by atoms with Crippen molar-refractivity contribution in [2.45, 2.75) is 12.3 Å². The van der Waals surface area contributed by atoms with Gasteiger partial charge in [0.05, 0.1) is 6.20 Å². The van der Waals surface area contributed by atoms with E-state index in [0.717, 1.165) is 18.3 Å². The zero-order valence-corrected chi connectivity index (χ0v) is 5.84. The van der Waals surface area contributed by atoms with Crippen molar-refractivity contribution in [3.05, 3.63) is 30.1 Å². The molecule has 1 radical (unpaired) electrons. The quantitative estimate of drug-likeness (QED) is 0.702. The molecule has 0 aliphatic heterocycles. The Morgan fingerprint density at radius 1 is 1.50 bits per heavy atom. The van der Waals surface area contributed by atoms with Crippen LogP contribution in [0.4, 0.5) is 13.2 Å². The Morgan fingerprint density at radius 2 is 2.17 bits per heavy atom. The first-order valence-corrected chi connectivity index (χ1v) is 3.08. The van der Waals surface area contributed by atoms with Crippen LogP contribution in [0.25, 0.3) is 0 Å². The van der Waals surface area contributed by atoms with Crippen LogP contribution in [0.5, 0.6) is 0 Å². The van der Waals surface area contributed by atoms with Gasteiger partial charge in [-0.15, -0.1) is 0 Å². The molecule has 12 heavy (non-hydrogen) atoms. The number of hydrogen-bond donors (Lipinski definition) is 1. The third kappa shape index (κ3) is 1.94. The first-order valence-electron chi connectivity index (χ1n) is 3.08. The van der Waals surface area contributed by atoms with Gasteiger partial charge in [0.1, 0.15) is 0 Å². The molecule has 0 aliphatic carbocycles. The number of nitrogens with zero attached hydrogens (tertiary/aromatic N) is 1. The van der Waals surface area contributed by atoms with E-state index in [9.17, 15) is 13.2 Å². The van der Waals surface area contributed by atoms with Gasteiger partial charge in [-0.1, -0.05) is 0 Å². The van der Waals surface area contributed by atoms with Crippen molar-refractivity contribution in [1.82, 2.24) is 4.98 Å². The largest absolute Gasteiger partial charge is 0.418 e. The van der Waals surface area contributed by atoms with E-state index in [2.05, 4.69) is 11.2 Å². The Morgan fingerprint density at radius 3 is 2.58 bits per heavy atom. The predicted octanol–water partition coefficient (Wildman–Crippen LogP) is 1.48. The van der Waals surface area contributed by atoms with Gasteiger partial charge in [0.15, 0.2) is 6.10 Å². The van der Waals surface area contributed by atoms with E-state index < -0.39 is 12.3 Å². The summed E-state index contributed by atoms with van der Waals surface area (Å²) in [6.45, 7) is 0. The molecule has 65 valence electrons. The van der Waals surface area contributed by atoms with Crippen molar-refractivity contribution >= 4 is 0 Å². The molecule has 1 aromatic heterocycles. The molecule has 0 saturated carbocycles. The number of pyridine rings is 1. The molecule has 0 spiro atoms. The number of aromatic nitrogens is 1. The lowest BCUT2D eigenvalue weighted by atomic mass is 10.1. The highest BCUT2D eigenvalue weighted by Crippen LogP contribution is 2.31. The summed E-state index contributed by atoms with van der Waals surface area (Å²) in [6.07, 6.45) is -3.73. The minimum atomic E-state index is -4.63. The Balaban J connectivity index is 2.86. The third-order valence-corrected chi connectivity index (χ3v) is 1.27. The third-order valence-electron chi connectivity index (χ3n) is 1.27. The van der Waals surface area contributed by atoms with Crippen LogP contribution < -0.4 is 0 Å². The molecule has 1 rings (SSSR count). The maximum atomic E-state index is 11.9. The second kappa shape index (κ2) is 3.10. The topological polar surface area (TPSA) is 33.1 Å². The summed E-state index contributed by atoms with van der Waals surface area (Å²) >= 11 is 0. The van der Waals surface area contributed by atoms with Gasteiger partial charge in [-0.2, -0.15) is 13.2 Å². The Bertz CT molecular complexity index is 247. The van der Waals surface area contributed by atoms with E-state index in [-0.39, 0.29) is 5.56 Å². The molecule has 1 atom stereocenters. The summed E-state index contributed by atoms with van der Waals surface area (Å²) < 4.78 is 35.6. The number of alkyl halides is 3. The van der Waals surface area contributed by atoms with Gasteiger partial charge in [-0.3, -0.25) is 4.98 Å². The van der Waals surface area contributed by atoms with Gasteiger partial charge in [-0.25, -0.2) is 0 Å². The standard InChI is InChI=1S/C7H5F3NO/c8-7(9,10)6(12)5-1-3-11-4-2-5/h1-3,6,12H. The molecule has 1 N–H and O–H groups in total. The van der Waals surface area contributed by atoms with Gasteiger partial charge in [0, 0.05) is 6.20 Å². The second-order valence-corrected chi connectivity index (χ2v) is 2.16. The van der Waals surface area contributed by atoms with E-state index in [1.54, 1.807) is 0 Å². The average Bonchev–Trinajstić information content (AvgIpc) is 2.03. The summed E-state index contributed by atoms with van der Waals surface area (Å²) in [5.74, 6) is 0. The Labute approximate surface area is 66.7 Å². The molecule has 0 aliphatic rings. The molecule has 0 aromatic carbocycles. The maximum absolute atomic E-state index is 11.9. The lowest BCUT2D eigenvalue weighted by molar-refractivity contribution is -0.206. The minimum Gasteiger partial charge on any atom is -0.379 e. The molecule has 2 nitrogen and oxygen atoms in total. The second-order valence-electron chi connectivity index (χ2n) is 2.16. The molecule has 1 heterocycles. The highest BCUT2D eigenvalue weighted by Gasteiger charge is 2.39. The monoisotopic (exact) mass is 176 g/mol. The highest BCUT2D eigenvalue weighted by atomic mass is 19.4. The molecule has 5 heteroatoms. The molecule has 0 fully saturated rings. The Kier molecular flexibility index (Phi) is 2.32. The van der Waals surface area contributed by atoms with Gasteiger partial charge < -0.3 is 5.11 Å². The van der Waals surface area contributed by atoms with Gasteiger partial charge in [0.2, 0.25) is 0 Å². The molecular weight excluding hydrogens is 171 g/mol. The fourth-order valence-electron chi connectivity index (χ4n) is 0.685. The van der Waals surface area contributed by atoms with Crippen LogP contribution in [0.1, 0.15) is 11.7 Å². The highest BCUT2D eigenvalue weighted by molar-refractivity contribution is 5.13. The first kappa shape index (κ1) is 8.99. The molecule has 1 aromatic rings. The van der Waals surface area contributed by atoms with Crippen LogP contribution in [0.2, 0.25) is 0 Å². The van der Waals surface area contributed by atoms with Crippen molar-refractivity contribution in [1.29, 1.82) is 0 Å². The van der Waals surface area contributed by atoms with Crippen LogP contribution in [0.3, 0.4) is 0 Å². The predicted molar refractivity (Wildman–Crippen MR) is 34.1 cm³/mol. The van der Waals surface area contributed by atoms with Crippen LogP contribution in [-0.4, -0.2) is 16.3 Å². The summed E-state index contributed by atoms with van der Waals surface area (Å²) in [5.41, 5.74) is -0.252. The summed E-state index contributed by atoms with van der Waals surface area (Å²) in [6, 6.07) is 2.09. The van der Waals surface area contributed by atoms with Crippen molar-refractivity contribution in [2.75, 3.05) is 0 Å². The normalized spacial score (nSPS) is 14.3. The van der Waals surface area contributed by atoms with E-state index in [4.69, 9.17) is 5.11 Å². The van der Waals surface area contributed by atoms with Crippen LogP contribution in [0.15, 0.2) is 18.3 Å². The van der Waals surface area contributed by atoms with Crippen molar-refractivity contribution in [3.8, 4) is 0 Å².